The van der Waals surface area contributed by atoms with E-state index in [4.69, 9.17) is 5.26 Å². The molecule has 26 heavy (non-hydrogen) atoms. The largest absolute Gasteiger partial charge is 0.321 e. The summed E-state index contributed by atoms with van der Waals surface area (Å²) in [5.74, 6) is -0.173. The van der Waals surface area contributed by atoms with Crippen LogP contribution in [0.25, 0.3) is 0 Å². The van der Waals surface area contributed by atoms with Gasteiger partial charge in [-0.3, -0.25) is 9.10 Å². The topological polar surface area (TPSA) is 81.5 Å². The van der Waals surface area contributed by atoms with Gasteiger partial charge in [0.25, 0.3) is 5.91 Å². The average molecular weight is 369 g/mol. The van der Waals surface area contributed by atoms with Crippen LogP contribution in [0.3, 0.4) is 0 Å². The highest BCUT2D eigenvalue weighted by atomic mass is 32.2. The van der Waals surface area contributed by atoms with Crippen LogP contribution in [0.2, 0.25) is 0 Å². The van der Waals surface area contributed by atoms with Crippen molar-refractivity contribution in [3.63, 3.8) is 0 Å². The van der Waals surface area contributed by atoms with Crippen molar-refractivity contribution in [3.05, 3.63) is 65.7 Å². The van der Waals surface area contributed by atoms with E-state index in [0.29, 0.717) is 30.8 Å². The van der Waals surface area contributed by atoms with Crippen molar-refractivity contribution in [3.8, 4) is 6.07 Å². The molecule has 0 atom stereocenters. The molecular weight excluding hydrogens is 350 g/mol. The molecule has 1 aliphatic rings. The van der Waals surface area contributed by atoms with Crippen molar-refractivity contribution >= 4 is 21.6 Å². The number of carbonyl (C=O) groups is 1. The monoisotopic (exact) mass is 369 g/mol. The van der Waals surface area contributed by atoms with Crippen molar-refractivity contribution in [1.82, 2.24) is 4.90 Å². The number of hydrogen-bond acceptors (Lipinski definition) is 4. The number of benzene rings is 2. The van der Waals surface area contributed by atoms with Crippen LogP contribution < -0.4 is 4.31 Å². The van der Waals surface area contributed by atoms with Gasteiger partial charge in [0.2, 0.25) is 10.0 Å². The summed E-state index contributed by atoms with van der Waals surface area (Å²) in [7, 11) is -3.31. The predicted molar refractivity (Wildman–Crippen MR) is 99.0 cm³/mol. The molecule has 0 unspecified atom stereocenters. The summed E-state index contributed by atoms with van der Waals surface area (Å²) >= 11 is 0. The molecule has 6 nitrogen and oxygen atoms in total. The van der Waals surface area contributed by atoms with Crippen molar-refractivity contribution in [1.29, 1.82) is 5.26 Å². The normalized spacial score (nSPS) is 15.4. The summed E-state index contributed by atoms with van der Waals surface area (Å²) in [5, 5.41) is 9.07. The van der Waals surface area contributed by atoms with Gasteiger partial charge in [-0.15, -0.1) is 0 Å². The lowest BCUT2D eigenvalue weighted by molar-refractivity contribution is 0.0765. The van der Waals surface area contributed by atoms with Crippen molar-refractivity contribution < 1.29 is 13.2 Å². The molecule has 1 aliphatic heterocycles. The van der Waals surface area contributed by atoms with E-state index < -0.39 is 10.0 Å². The van der Waals surface area contributed by atoms with Gasteiger partial charge in [0.1, 0.15) is 6.54 Å². The minimum Gasteiger partial charge on any atom is -0.321 e. The van der Waals surface area contributed by atoms with Crippen LogP contribution in [0.15, 0.2) is 54.6 Å². The maximum absolute atomic E-state index is 12.9. The SMILES string of the molecule is N#CCN(Cc1ccccc1)C(=O)c1cccc(N2CCCS2(=O)=O)c1. The third kappa shape index (κ3) is 3.86. The second kappa shape index (κ2) is 7.58. The molecule has 1 amide bonds. The van der Waals surface area contributed by atoms with E-state index in [-0.39, 0.29) is 18.2 Å². The Labute approximate surface area is 153 Å². The zero-order chi connectivity index (χ0) is 18.6. The van der Waals surface area contributed by atoms with Crippen molar-refractivity contribution in [2.24, 2.45) is 0 Å². The number of sulfonamides is 1. The second-order valence-corrected chi connectivity index (χ2v) is 8.11. The fraction of sp³-hybridized carbons (Fsp3) is 0.263. The molecule has 3 rings (SSSR count). The number of nitrogens with zero attached hydrogens (tertiary/aromatic N) is 3. The van der Waals surface area contributed by atoms with Crippen LogP contribution in [-0.2, 0) is 16.6 Å². The van der Waals surface area contributed by atoms with E-state index in [1.807, 2.05) is 36.4 Å². The molecule has 0 radical (unpaired) electrons. The van der Waals surface area contributed by atoms with Gasteiger partial charge in [-0.1, -0.05) is 36.4 Å². The molecular formula is C19H19N3O3S. The lowest BCUT2D eigenvalue weighted by Gasteiger charge is -2.21. The highest BCUT2D eigenvalue weighted by molar-refractivity contribution is 7.93. The lowest BCUT2D eigenvalue weighted by Crippen LogP contribution is -2.31. The summed E-state index contributed by atoms with van der Waals surface area (Å²) < 4.78 is 25.6. The molecule has 1 heterocycles. The molecule has 2 aromatic carbocycles. The highest BCUT2D eigenvalue weighted by Gasteiger charge is 2.29. The van der Waals surface area contributed by atoms with E-state index in [1.165, 1.54) is 9.21 Å². The summed E-state index contributed by atoms with van der Waals surface area (Å²) in [6.07, 6.45) is 0.578. The molecule has 0 N–H and O–H groups in total. The molecule has 134 valence electrons. The van der Waals surface area contributed by atoms with E-state index in [1.54, 1.807) is 24.3 Å². The van der Waals surface area contributed by atoms with Gasteiger partial charge in [-0.25, -0.2) is 8.42 Å². The van der Waals surface area contributed by atoms with Gasteiger partial charge in [-0.05, 0) is 30.2 Å². The van der Waals surface area contributed by atoms with Crippen molar-refractivity contribution in [2.75, 3.05) is 23.1 Å². The summed E-state index contributed by atoms with van der Waals surface area (Å²) in [5.41, 5.74) is 1.79. The Morgan fingerprint density at radius 3 is 2.58 bits per heavy atom. The Morgan fingerprint density at radius 2 is 1.92 bits per heavy atom. The summed E-state index contributed by atoms with van der Waals surface area (Å²) in [4.78, 5) is 14.3. The molecule has 0 aliphatic carbocycles. The maximum atomic E-state index is 12.9. The lowest BCUT2D eigenvalue weighted by atomic mass is 10.1. The number of nitriles is 1. The fourth-order valence-corrected chi connectivity index (χ4v) is 4.55. The number of anilines is 1. The van der Waals surface area contributed by atoms with Crippen LogP contribution in [0.1, 0.15) is 22.3 Å². The first-order chi connectivity index (χ1) is 12.5. The quantitative estimate of drug-likeness (QED) is 0.758. The third-order valence-corrected chi connectivity index (χ3v) is 6.11. The smallest absolute Gasteiger partial charge is 0.255 e. The van der Waals surface area contributed by atoms with Gasteiger partial charge in [-0.2, -0.15) is 5.26 Å². The number of amides is 1. The number of carbonyl (C=O) groups excluding carboxylic acids is 1. The minimum atomic E-state index is -3.31. The van der Waals surface area contributed by atoms with Crippen LogP contribution >= 0.6 is 0 Å². The Morgan fingerprint density at radius 1 is 1.15 bits per heavy atom. The molecule has 2 aromatic rings. The summed E-state index contributed by atoms with van der Waals surface area (Å²) in [6, 6.07) is 18.0. The zero-order valence-corrected chi connectivity index (χ0v) is 15.0. The highest BCUT2D eigenvalue weighted by Crippen LogP contribution is 2.25. The summed E-state index contributed by atoms with van der Waals surface area (Å²) in [6.45, 7) is 0.700. The number of hydrogen-bond donors (Lipinski definition) is 0. The van der Waals surface area contributed by atoms with Gasteiger partial charge in [0.15, 0.2) is 0 Å². The third-order valence-electron chi connectivity index (χ3n) is 4.25. The molecule has 1 fully saturated rings. The van der Waals surface area contributed by atoms with E-state index >= 15 is 0 Å². The zero-order valence-electron chi connectivity index (χ0n) is 14.2. The Balaban J connectivity index is 1.86. The van der Waals surface area contributed by atoms with Crippen molar-refractivity contribution in [2.45, 2.75) is 13.0 Å². The van der Waals surface area contributed by atoms with Gasteiger partial charge >= 0.3 is 0 Å². The van der Waals surface area contributed by atoms with Gasteiger partial charge in [0.05, 0.1) is 17.5 Å². The first kappa shape index (κ1) is 18.0. The first-order valence-electron chi connectivity index (χ1n) is 8.32. The second-order valence-electron chi connectivity index (χ2n) is 6.10. The van der Waals surface area contributed by atoms with E-state index in [2.05, 4.69) is 0 Å². The van der Waals surface area contributed by atoms with Crippen LogP contribution in [0.5, 0.6) is 0 Å². The Bertz CT molecular complexity index is 936. The molecule has 0 saturated carbocycles. The first-order valence-corrected chi connectivity index (χ1v) is 9.93. The molecule has 7 heteroatoms. The van der Waals surface area contributed by atoms with E-state index in [9.17, 15) is 13.2 Å². The van der Waals surface area contributed by atoms with Crippen LogP contribution in [-0.4, -0.2) is 38.1 Å². The van der Waals surface area contributed by atoms with Gasteiger partial charge < -0.3 is 4.90 Å². The molecule has 1 saturated heterocycles. The van der Waals surface area contributed by atoms with Crippen LogP contribution in [0, 0.1) is 11.3 Å². The minimum absolute atomic E-state index is 0.0417. The maximum Gasteiger partial charge on any atom is 0.255 e. The molecule has 0 aromatic heterocycles. The molecule has 0 spiro atoms. The van der Waals surface area contributed by atoms with E-state index in [0.717, 1.165) is 5.56 Å². The van der Waals surface area contributed by atoms with Crippen LogP contribution in [0.4, 0.5) is 5.69 Å². The standard InChI is InChI=1S/C19H19N3O3S/c20-10-12-21(15-16-6-2-1-3-7-16)19(23)17-8-4-9-18(14-17)22-11-5-13-26(22,24)25/h1-4,6-9,14H,5,11-13,15H2. The van der Waals surface area contributed by atoms with Gasteiger partial charge in [0, 0.05) is 18.7 Å². The Hall–Kier alpha value is -2.85. The molecule has 0 bridgehead atoms. The predicted octanol–water partition coefficient (Wildman–Crippen LogP) is 2.39. The Kier molecular flexibility index (Phi) is 5.24. The average Bonchev–Trinajstić information content (AvgIpc) is 3.01. The fourth-order valence-electron chi connectivity index (χ4n) is 2.99. The number of rotatable bonds is 5.